The van der Waals surface area contributed by atoms with E-state index in [9.17, 15) is 9.59 Å². The van der Waals surface area contributed by atoms with Crippen molar-refractivity contribution in [2.45, 2.75) is 25.3 Å². The maximum atomic E-state index is 12.8. The van der Waals surface area contributed by atoms with E-state index in [0.717, 1.165) is 30.0 Å². The van der Waals surface area contributed by atoms with E-state index < -0.39 is 0 Å². The Kier molecular flexibility index (Phi) is 5.75. The van der Waals surface area contributed by atoms with Crippen molar-refractivity contribution >= 4 is 22.6 Å². The van der Waals surface area contributed by atoms with Gasteiger partial charge in [-0.3, -0.25) is 9.59 Å². The number of rotatable bonds is 8. The monoisotopic (exact) mass is 388 g/mol. The molecule has 1 aliphatic rings. The zero-order chi connectivity index (χ0) is 20.1. The Morgan fingerprint density at radius 3 is 2.34 bits per heavy atom. The van der Waals surface area contributed by atoms with Gasteiger partial charge < -0.3 is 15.4 Å². The van der Waals surface area contributed by atoms with Gasteiger partial charge in [0.2, 0.25) is 0 Å². The molecule has 29 heavy (non-hydrogen) atoms. The van der Waals surface area contributed by atoms with E-state index in [4.69, 9.17) is 4.74 Å². The summed E-state index contributed by atoms with van der Waals surface area (Å²) < 4.78 is 5.75. The minimum atomic E-state index is -0.204. The summed E-state index contributed by atoms with van der Waals surface area (Å²) in [6.07, 6.45) is 2.80. The lowest BCUT2D eigenvalue weighted by atomic mass is 10.1. The SMILES string of the molecule is O=C(COc1cc2ccccc2cc1C(=O)NCCc1ccccc1)NC1CC1. The summed E-state index contributed by atoms with van der Waals surface area (Å²) >= 11 is 0. The van der Waals surface area contributed by atoms with Crippen LogP contribution in [-0.2, 0) is 11.2 Å². The third-order valence-electron chi connectivity index (χ3n) is 4.94. The first-order chi connectivity index (χ1) is 14.2. The molecule has 2 N–H and O–H groups in total. The van der Waals surface area contributed by atoms with Crippen molar-refractivity contribution in [3.8, 4) is 5.75 Å². The van der Waals surface area contributed by atoms with Crippen LogP contribution in [0.3, 0.4) is 0 Å². The van der Waals surface area contributed by atoms with Crippen molar-refractivity contribution in [1.82, 2.24) is 10.6 Å². The van der Waals surface area contributed by atoms with Gasteiger partial charge in [0.05, 0.1) is 5.56 Å². The molecule has 0 atom stereocenters. The Morgan fingerprint density at radius 2 is 1.62 bits per heavy atom. The molecule has 0 unspecified atom stereocenters. The molecule has 0 radical (unpaired) electrons. The van der Waals surface area contributed by atoms with Crippen molar-refractivity contribution in [2.24, 2.45) is 0 Å². The number of amides is 2. The Labute approximate surface area is 170 Å². The maximum Gasteiger partial charge on any atom is 0.258 e. The van der Waals surface area contributed by atoms with Gasteiger partial charge in [-0.2, -0.15) is 0 Å². The van der Waals surface area contributed by atoms with Crippen molar-refractivity contribution in [1.29, 1.82) is 0 Å². The molecule has 1 aliphatic carbocycles. The normalized spacial score (nSPS) is 13.1. The van der Waals surface area contributed by atoms with Crippen molar-refractivity contribution < 1.29 is 14.3 Å². The molecule has 0 aliphatic heterocycles. The molecule has 5 heteroatoms. The highest BCUT2D eigenvalue weighted by molar-refractivity contribution is 6.01. The van der Waals surface area contributed by atoms with Crippen molar-refractivity contribution in [3.63, 3.8) is 0 Å². The van der Waals surface area contributed by atoms with E-state index in [1.165, 1.54) is 5.56 Å². The minimum absolute atomic E-state index is 0.0981. The zero-order valence-corrected chi connectivity index (χ0v) is 16.2. The molecular formula is C24H24N2O3. The van der Waals surface area contributed by atoms with Gasteiger partial charge in [0.25, 0.3) is 11.8 Å². The lowest BCUT2D eigenvalue weighted by Gasteiger charge is -2.13. The van der Waals surface area contributed by atoms with Crippen LogP contribution in [0.25, 0.3) is 10.8 Å². The summed E-state index contributed by atoms with van der Waals surface area (Å²) in [5.74, 6) is 0.0623. The van der Waals surface area contributed by atoms with E-state index in [-0.39, 0.29) is 24.5 Å². The molecule has 1 fully saturated rings. The number of fused-ring (bicyclic) bond motifs is 1. The average molecular weight is 388 g/mol. The highest BCUT2D eigenvalue weighted by Crippen LogP contribution is 2.26. The van der Waals surface area contributed by atoms with E-state index in [2.05, 4.69) is 10.6 Å². The molecule has 3 aromatic rings. The molecule has 0 heterocycles. The van der Waals surface area contributed by atoms with E-state index in [1.807, 2.05) is 66.7 Å². The van der Waals surface area contributed by atoms with Crippen LogP contribution in [0.5, 0.6) is 5.75 Å². The Morgan fingerprint density at radius 1 is 0.931 bits per heavy atom. The van der Waals surface area contributed by atoms with Gasteiger partial charge in [0.15, 0.2) is 6.61 Å². The number of carbonyl (C=O) groups excluding carboxylic acids is 2. The third-order valence-corrected chi connectivity index (χ3v) is 4.94. The van der Waals surface area contributed by atoms with Gasteiger partial charge in [-0.25, -0.2) is 0 Å². The molecule has 5 nitrogen and oxygen atoms in total. The first kappa shape index (κ1) is 19.0. The second kappa shape index (κ2) is 8.78. The lowest BCUT2D eigenvalue weighted by molar-refractivity contribution is -0.123. The summed E-state index contributed by atoms with van der Waals surface area (Å²) in [6.45, 7) is 0.427. The molecule has 0 bridgehead atoms. The van der Waals surface area contributed by atoms with Crippen molar-refractivity contribution in [3.05, 3.63) is 77.9 Å². The Balaban J connectivity index is 1.47. The Hall–Kier alpha value is -3.34. The summed E-state index contributed by atoms with van der Waals surface area (Å²) in [5, 5.41) is 7.78. The molecule has 2 amide bonds. The fraction of sp³-hybridized carbons (Fsp3) is 0.250. The summed E-state index contributed by atoms with van der Waals surface area (Å²) in [7, 11) is 0. The summed E-state index contributed by atoms with van der Waals surface area (Å²) in [6, 6.07) is 21.7. The van der Waals surface area contributed by atoms with Crippen LogP contribution in [0.1, 0.15) is 28.8 Å². The number of hydrogen-bond acceptors (Lipinski definition) is 3. The third kappa shape index (κ3) is 5.13. The number of nitrogens with one attached hydrogen (secondary N) is 2. The summed E-state index contributed by atoms with van der Waals surface area (Å²) in [4.78, 5) is 24.8. The van der Waals surface area contributed by atoms with Crippen LogP contribution < -0.4 is 15.4 Å². The predicted molar refractivity (Wildman–Crippen MR) is 113 cm³/mol. The van der Waals surface area contributed by atoms with E-state index in [0.29, 0.717) is 17.9 Å². The number of benzene rings is 3. The Bertz CT molecular complexity index is 1010. The van der Waals surface area contributed by atoms with Gasteiger partial charge in [-0.05, 0) is 47.7 Å². The number of hydrogen-bond donors (Lipinski definition) is 2. The van der Waals surface area contributed by atoms with Crippen LogP contribution in [0.15, 0.2) is 66.7 Å². The van der Waals surface area contributed by atoms with Gasteiger partial charge in [-0.1, -0.05) is 54.6 Å². The van der Waals surface area contributed by atoms with Gasteiger partial charge in [-0.15, -0.1) is 0 Å². The smallest absolute Gasteiger partial charge is 0.258 e. The maximum absolute atomic E-state index is 12.8. The highest BCUT2D eigenvalue weighted by Gasteiger charge is 2.23. The molecule has 0 aromatic heterocycles. The van der Waals surface area contributed by atoms with E-state index in [1.54, 1.807) is 0 Å². The van der Waals surface area contributed by atoms with Crippen LogP contribution in [-0.4, -0.2) is 31.0 Å². The van der Waals surface area contributed by atoms with Crippen molar-refractivity contribution in [2.75, 3.05) is 13.2 Å². The fourth-order valence-corrected chi connectivity index (χ4v) is 3.22. The fourth-order valence-electron chi connectivity index (χ4n) is 3.22. The number of carbonyl (C=O) groups is 2. The lowest BCUT2D eigenvalue weighted by Crippen LogP contribution is -2.31. The summed E-state index contributed by atoms with van der Waals surface area (Å²) in [5.41, 5.74) is 1.61. The second-order valence-corrected chi connectivity index (χ2v) is 7.32. The number of ether oxygens (including phenoxy) is 1. The average Bonchev–Trinajstić information content (AvgIpc) is 3.56. The topological polar surface area (TPSA) is 67.4 Å². The molecule has 0 saturated heterocycles. The molecule has 148 valence electrons. The largest absolute Gasteiger partial charge is 0.483 e. The zero-order valence-electron chi connectivity index (χ0n) is 16.2. The predicted octanol–water partition coefficient (Wildman–Crippen LogP) is 3.47. The minimum Gasteiger partial charge on any atom is -0.483 e. The van der Waals surface area contributed by atoms with Crippen LogP contribution in [0.4, 0.5) is 0 Å². The van der Waals surface area contributed by atoms with E-state index >= 15 is 0 Å². The van der Waals surface area contributed by atoms with Crippen LogP contribution in [0.2, 0.25) is 0 Å². The molecule has 4 rings (SSSR count). The molecular weight excluding hydrogens is 364 g/mol. The van der Waals surface area contributed by atoms with Gasteiger partial charge in [0, 0.05) is 12.6 Å². The molecule has 0 spiro atoms. The first-order valence-corrected chi connectivity index (χ1v) is 9.96. The highest BCUT2D eigenvalue weighted by atomic mass is 16.5. The molecule has 3 aromatic carbocycles. The standard InChI is InChI=1S/C24H24N2O3/c27-23(26-20-10-11-20)16-29-22-15-19-9-5-4-8-18(19)14-21(22)24(28)25-13-12-17-6-2-1-3-7-17/h1-9,14-15,20H,10-13,16H2,(H,25,28)(H,26,27). The second-order valence-electron chi connectivity index (χ2n) is 7.32. The quantitative estimate of drug-likeness (QED) is 0.621. The van der Waals surface area contributed by atoms with Crippen LogP contribution in [0, 0.1) is 0 Å². The van der Waals surface area contributed by atoms with Crippen LogP contribution >= 0.6 is 0 Å². The molecule has 1 saturated carbocycles. The van der Waals surface area contributed by atoms with Gasteiger partial charge in [0.1, 0.15) is 5.75 Å². The first-order valence-electron chi connectivity index (χ1n) is 9.96. The van der Waals surface area contributed by atoms with Gasteiger partial charge >= 0.3 is 0 Å².